The molecule has 0 radical (unpaired) electrons. The lowest BCUT2D eigenvalue weighted by molar-refractivity contribution is 0.103. The summed E-state index contributed by atoms with van der Waals surface area (Å²) in [6.45, 7) is 1.85. The van der Waals surface area contributed by atoms with Gasteiger partial charge in [0, 0.05) is 19.1 Å². The zero-order chi connectivity index (χ0) is 19.1. The molecule has 0 amide bonds. The molecule has 2 atom stereocenters. The lowest BCUT2D eigenvalue weighted by Gasteiger charge is -2.20. The van der Waals surface area contributed by atoms with Gasteiger partial charge in [0.25, 0.3) is 0 Å². The Morgan fingerprint density at radius 2 is 1.96 bits per heavy atom. The van der Waals surface area contributed by atoms with Crippen molar-refractivity contribution >= 4 is 0 Å². The molecule has 0 bridgehead atoms. The Morgan fingerprint density at radius 1 is 1.15 bits per heavy atom. The fourth-order valence-corrected chi connectivity index (χ4v) is 3.73. The second-order valence-electron chi connectivity index (χ2n) is 7.82. The highest BCUT2D eigenvalue weighted by molar-refractivity contribution is 5.34. The van der Waals surface area contributed by atoms with Crippen molar-refractivity contribution in [2.24, 2.45) is 0 Å². The van der Waals surface area contributed by atoms with Crippen molar-refractivity contribution < 1.29 is 9.84 Å². The van der Waals surface area contributed by atoms with Crippen LogP contribution in [-0.4, -0.2) is 49.4 Å². The van der Waals surface area contributed by atoms with E-state index in [9.17, 15) is 5.11 Å². The first-order chi connectivity index (χ1) is 13.1. The molecule has 0 heterocycles. The molecule has 1 aliphatic rings. The number of fused-ring (bicyclic) bond motifs is 1. The molecule has 3 rings (SSSR count). The van der Waals surface area contributed by atoms with Crippen LogP contribution in [0.1, 0.15) is 29.5 Å². The van der Waals surface area contributed by atoms with Gasteiger partial charge in [0.1, 0.15) is 18.5 Å². The average Bonchev–Trinajstić information content (AvgIpc) is 2.86. The molecule has 0 spiro atoms. The first-order valence-electron chi connectivity index (χ1n) is 9.95. The SMILES string of the molecule is CN(C)Cc1ccc2c(c1)CC(NC[C@H](O)COc1ccccc1)CCC2. The van der Waals surface area contributed by atoms with Crippen LogP contribution >= 0.6 is 0 Å². The maximum Gasteiger partial charge on any atom is 0.119 e. The standard InChI is InChI=1S/C23H32N2O2/c1-25(2)16-18-11-12-19-7-6-8-21(14-20(19)13-18)24-15-22(26)17-27-23-9-4-3-5-10-23/h3-5,9-13,21-22,24,26H,6-8,14-17H2,1-2H3/t21?,22-/m0/s1. The third kappa shape index (κ3) is 6.35. The average molecular weight is 369 g/mol. The van der Waals surface area contributed by atoms with Crippen molar-refractivity contribution in [1.82, 2.24) is 10.2 Å². The summed E-state index contributed by atoms with van der Waals surface area (Å²) in [5, 5.41) is 13.8. The van der Waals surface area contributed by atoms with E-state index in [1.165, 1.54) is 23.1 Å². The number of aryl methyl sites for hydroxylation is 1. The van der Waals surface area contributed by atoms with Crippen LogP contribution in [0.4, 0.5) is 0 Å². The molecular weight excluding hydrogens is 336 g/mol. The summed E-state index contributed by atoms with van der Waals surface area (Å²) in [4.78, 5) is 2.21. The number of nitrogens with zero attached hydrogens (tertiary/aromatic N) is 1. The van der Waals surface area contributed by atoms with Crippen LogP contribution in [0, 0.1) is 0 Å². The molecule has 0 aromatic heterocycles. The molecule has 0 saturated carbocycles. The zero-order valence-corrected chi connectivity index (χ0v) is 16.5. The molecule has 2 aromatic rings. The normalized spacial score (nSPS) is 18.0. The number of nitrogens with one attached hydrogen (secondary N) is 1. The minimum absolute atomic E-state index is 0.313. The number of hydrogen-bond acceptors (Lipinski definition) is 4. The summed E-state index contributed by atoms with van der Waals surface area (Å²) in [7, 11) is 4.21. The number of rotatable bonds is 8. The van der Waals surface area contributed by atoms with Gasteiger partial charge in [-0.15, -0.1) is 0 Å². The van der Waals surface area contributed by atoms with Crippen molar-refractivity contribution in [2.75, 3.05) is 27.2 Å². The van der Waals surface area contributed by atoms with E-state index in [4.69, 9.17) is 4.74 Å². The molecule has 27 heavy (non-hydrogen) atoms. The minimum atomic E-state index is -0.506. The van der Waals surface area contributed by atoms with E-state index in [1.807, 2.05) is 30.3 Å². The Kier molecular flexibility index (Phi) is 7.27. The van der Waals surface area contributed by atoms with E-state index >= 15 is 0 Å². The van der Waals surface area contributed by atoms with Crippen molar-refractivity contribution in [1.29, 1.82) is 0 Å². The monoisotopic (exact) mass is 368 g/mol. The maximum absolute atomic E-state index is 10.3. The fourth-order valence-electron chi connectivity index (χ4n) is 3.73. The number of ether oxygens (including phenoxy) is 1. The number of benzene rings is 2. The van der Waals surface area contributed by atoms with Crippen molar-refractivity contribution in [3.8, 4) is 5.75 Å². The van der Waals surface area contributed by atoms with Gasteiger partial charge in [-0.3, -0.25) is 0 Å². The smallest absolute Gasteiger partial charge is 0.119 e. The Bertz CT molecular complexity index is 703. The van der Waals surface area contributed by atoms with Gasteiger partial charge in [-0.25, -0.2) is 0 Å². The molecule has 2 aromatic carbocycles. The van der Waals surface area contributed by atoms with Gasteiger partial charge in [0.2, 0.25) is 0 Å². The molecule has 0 saturated heterocycles. The van der Waals surface area contributed by atoms with Crippen LogP contribution in [0.2, 0.25) is 0 Å². The van der Waals surface area contributed by atoms with E-state index in [1.54, 1.807) is 0 Å². The largest absolute Gasteiger partial charge is 0.491 e. The van der Waals surface area contributed by atoms with Crippen molar-refractivity contribution in [3.05, 3.63) is 65.2 Å². The fraction of sp³-hybridized carbons (Fsp3) is 0.478. The third-order valence-corrected chi connectivity index (χ3v) is 5.06. The van der Waals surface area contributed by atoms with E-state index in [0.717, 1.165) is 31.6 Å². The molecule has 4 heteroatoms. The number of aliphatic hydroxyl groups is 1. The molecular formula is C23H32N2O2. The molecule has 1 unspecified atom stereocenters. The van der Waals surface area contributed by atoms with Crippen LogP contribution in [0.5, 0.6) is 5.75 Å². The van der Waals surface area contributed by atoms with Crippen LogP contribution in [0.25, 0.3) is 0 Å². The Hall–Kier alpha value is -1.88. The van der Waals surface area contributed by atoms with Gasteiger partial charge in [0.05, 0.1) is 0 Å². The predicted octanol–water partition coefficient (Wildman–Crippen LogP) is 3.03. The Labute approximate surface area is 163 Å². The van der Waals surface area contributed by atoms with Gasteiger partial charge in [-0.2, -0.15) is 0 Å². The molecule has 1 aliphatic carbocycles. The molecule has 4 nitrogen and oxygen atoms in total. The van der Waals surface area contributed by atoms with Gasteiger partial charge in [-0.1, -0.05) is 36.4 Å². The molecule has 2 N–H and O–H groups in total. The van der Waals surface area contributed by atoms with Crippen LogP contribution in [0.15, 0.2) is 48.5 Å². The maximum atomic E-state index is 10.3. The third-order valence-electron chi connectivity index (χ3n) is 5.06. The number of para-hydroxylation sites is 1. The summed E-state index contributed by atoms with van der Waals surface area (Å²) in [5.41, 5.74) is 4.31. The second kappa shape index (κ2) is 9.88. The van der Waals surface area contributed by atoms with E-state index in [0.29, 0.717) is 19.2 Å². The highest BCUT2D eigenvalue weighted by Gasteiger charge is 2.18. The van der Waals surface area contributed by atoms with E-state index < -0.39 is 6.10 Å². The summed E-state index contributed by atoms with van der Waals surface area (Å²) >= 11 is 0. The summed E-state index contributed by atoms with van der Waals surface area (Å²) < 4.78 is 5.65. The second-order valence-corrected chi connectivity index (χ2v) is 7.82. The van der Waals surface area contributed by atoms with Crippen LogP contribution < -0.4 is 10.1 Å². The zero-order valence-electron chi connectivity index (χ0n) is 16.5. The van der Waals surface area contributed by atoms with Crippen LogP contribution in [-0.2, 0) is 19.4 Å². The first kappa shape index (κ1) is 19.9. The van der Waals surface area contributed by atoms with Gasteiger partial charge >= 0.3 is 0 Å². The Balaban J connectivity index is 1.50. The van der Waals surface area contributed by atoms with Gasteiger partial charge < -0.3 is 20.1 Å². The minimum Gasteiger partial charge on any atom is -0.491 e. The quantitative estimate of drug-likeness (QED) is 0.703. The highest BCUT2D eigenvalue weighted by Crippen LogP contribution is 2.22. The highest BCUT2D eigenvalue weighted by atomic mass is 16.5. The summed E-state index contributed by atoms with van der Waals surface area (Å²) in [6, 6.07) is 17.0. The van der Waals surface area contributed by atoms with Crippen molar-refractivity contribution in [2.45, 2.75) is 44.4 Å². The summed E-state index contributed by atoms with van der Waals surface area (Å²) in [6.07, 6.45) is 4.00. The number of aliphatic hydroxyl groups excluding tert-OH is 1. The molecule has 0 aliphatic heterocycles. The van der Waals surface area contributed by atoms with E-state index in [-0.39, 0.29) is 0 Å². The predicted molar refractivity (Wildman–Crippen MR) is 110 cm³/mol. The molecule has 146 valence electrons. The Morgan fingerprint density at radius 3 is 2.74 bits per heavy atom. The lowest BCUT2D eigenvalue weighted by Crippen LogP contribution is -2.39. The molecule has 0 fully saturated rings. The topological polar surface area (TPSA) is 44.7 Å². The van der Waals surface area contributed by atoms with Gasteiger partial charge in [0.15, 0.2) is 0 Å². The lowest BCUT2D eigenvalue weighted by atomic mass is 9.98. The van der Waals surface area contributed by atoms with E-state index in [2.05, 4.69) is 42.5 Å². The first-order valence-corrected chi connectivity index (χ1v) is 9.95. The summed E-state index contributed by atoms with van der Waals surface area (Å²) in [5.74, 6) is 0.799. The van der Waals surface area contributed by atoms with Crippen LogP contribution in [0.3, 0.4) is 0 Å². The number of hydrogen-bond donors (Lipinski definition) is 2. The van der Waals surface area contributed by atoms with Gasteiger partial charge in [-0.05, 0) is 68.6 Å². The van der Waals surface area contributed by atoms with Crippen molar-refractivity contribution in [3.63, 3.8) is 0 Å².